The van der Waals surface area contributed by atoms with Gasteiger partial charge in [-0.1, -0.05) is 0 Å². The van der Waals surface area contributed by atoms with Crippen molar-refractivity contribution in [2.24, 2.45) is 11.6 Å². The lowest BCUT2D eigenvalue weighted by Gasteiger charge is -2.17. The van der Waals surface area contributed by atoms with E-state index in [0.29, 0.717) is 6.42 Å². The molecule has 0 saturated heterocycles. The number of carbonyl (C=O) groups is 1. The van der Waals surface area contributed by atoms with Crippen LogP contribution < -0.4 is 17.0 Å². The highest BCUT2D eigenvalue weighted by Crippen LogP contribution is 2.11. The largest absolute Gasteiger partial charge is 0.325 e. The van der Waals surface area contributed by atoms with Crippen LogP contribution in [0, 0.1) is 0 Å². The zero-order valence-electron chi connectivity index (χ0n) is 8.30. The number of hydrogen-bond acceptors (Lipinski definition) is 4. The second-order valence-electron chi connectivity index (χ2n) is 3.71. The Morgan fingerprint density at radius 2 is 2.15 bits per heavy atom. The molecule has 5 N–H and O–H groups in total. The molecule has 4 nitrogen and oxygen atoms in total. The van der Waals surface area contributed by atoms with Gasteiger partial charge in [0.25, 0.3) is 0 Å². The molecule has 5 heteroatoms. The highest BCUT2D eigenvalue weighted by Gasteiger charge is 2.09. The Kier molecular flexibility index (Phi) is 6.11. The van der Waals surface area contributed by atoms with Crippen LogP contribution in [0.15, 0.2) is 0 Å². The summed E-state index contributed by atoms with van der Waals surface area (Å²) < 4.78 is 0. The van der Waals surface area contributed by atoms with E-state index in [1.165, 1.54) is 0 Å². The molecule has 78 valence electrons. The highest BCUT2D eigenvalue weighted by molar-refractivity contribution is 7.99. The van der Waals surface area contributed by atoms with Crippen LogP contribution in [0.1, 0.15) is 26.7 Å². The van der Waals surface area contributed by atoms with Gasteiger partial charge < -0.3 is 5.73 Å². The number of amides is 1. The predicted molar refractivity (Wildman–Crippen MR) is 57.2 cm³/mol. The standard InChI is InChI=1S/C8H19N3OS/c1-8(2,9)6-13-5-3-4-7(12)11-10/h3-6,9-10H2,1-2H3,(H,11,12). The monoisotopic (exact) mass is 205 g/mol. The van der Waals surface area contributed by atoms with Gasteiger partial charge in [-0.3, -0.25) is 10.2 Å². The minimum absolute atomic E-state index is 0.104. The van der Waals surface area contributed by atoms with E-state index in [4.69, 9.17) is 11.6 Å². The quantitative estimate of drug-likeness (QED) is 0.251. The Morgan fingerprint density at radius 3 is 2.62 bits per heavy atom. The third-order valence-electron chi connectivity index (χ3n) is 1.33. The van der Waals surface area contributed by atoms with Crippen LogP contribution in [0.3, 0.4) is 0 Å². The Bertz CT molecular complexity index is 156. The van der Waals surface area contributed by atoms with E-state index in [9.17, 15) is 4.79 Å². The van der Waals surface area contributed by atoms with Crippen molar-refractivity contribution >= 4 is 17.7 Å². The summed E-state index contributed by atoms with van der Waals surface area (Å²) in [4.78, 5) is 10.7. The minimum atomic E-state index is -0.124. The lowest BCUT2D eigenvalue weighted by Crippen LogP contribution is -2.34. The molecular weight excluding hydrogens is 186 g/mol. The first kappa shape index (κ1) is 12.7. The molecule has 0 aliphatic carbocycles. The van der Waals surface area contributed by atoms with Gasteiger partial charge in [-0.25, -0.2) is 5.84 Å². The van der Waals surface area contributed by atoms with Crippen molar-refractivity contribution in [1.82, 2.24) is 5.43 Å². The molecule has 0 fully saturated rings. The van der Waals surface area contributed by atoms with Gasteiger partial charge >= 0.3 is 0 Å². The summed E-state index contributed by atoms with van der Waals surface area (Å²) in [5, 5.41) is 0. The van der Waals surface area contributed by atoms with Gasteiger partial charge in [0.2, 0.25) is 5.91 Å². The molecule has 0 heterocycles. The smallest absolute Gasteiger partial charge is 0.233 e. The summed E-state index contributed by atoms with van der Waals surface area (Å²) in [6, 6.07) is 0. The minimum Gasteiger partial charge on any atom is -0.325 e. The van der Waals surface area contributed by atoms with Crippen molar-refractivity contribution in [1.29, 1.82) is 0 Å². The summed E-state index contributed by atoms with van der Waals surface area (Å²) in [7, 11) is 0. The summed E-state index contributed by atoms with van der Waals surface area (Å²) in [5.74, 6) is 6.69. The lowest BCUT2D eigenvalue weighted by molar-refractivity contribution is -0.121. The molecule has 0 aromatic rings. The van der Waals surface area contributed by atoms with E-state index in [1.807, 2.05) is 13.8 Å². The van der Waals surface area contributed by atoms with Crippen LogP contribution in [0.4, 0.5) is 0 Å². The predicted octanol–water partition coefficient (Wildman–Crippen LogP) is 0.227. The molecule has 0 aliphatic heterocycles. The maximum atomic E-state index is 10.7. The summed E-state index contributed by atoms with van der Waals surface area (Å²) in [6.07, 6.45) is 1.35. The molecule has 13 heavy (non-hydrogen) atoms. The molecule has 0 aliphatic rings. The molecule has 0 aromatic heterocycles. The highest BCUT2D eigenvalue weighted by atomic mass is 32.2. The Morgan fingerprint density at radius 1 is 1.54 bits per heavy atom. The Hall–Kier alpha value is -0.260. The third kappa shape index (κ3) is 9.66. The molecule has 0 unspecified atom stereocenters. The second kappa shape index (κ2) is 6.23. The molecule has 0 saturated carbocycles. The summed E-state index contributed by atoms with van der Waals surface area (Å²) >= 11 is 1.77. The van der Waals surface area contributed by atoms with E-state index >= 15 is 0 Å². The number of hydrogen-bond donors (Lipinski definition) is 3. The molecule has 0 radical (unpaired) electrons. The average molecular weight is 205 g/mol. The van der Waals surface area contributed by atoms with Crippen molar-refractivity contribution in [3.63, 3.8) is 0 Å². The van der Waals surface area contributed by atoms with Crippen LogP contribution >= 0.6 is 11.8 Å². The fourth-order valence-corrected chi connectivity index (χ4v) is 1.76. The van der Waals surface area contributed by atoms with E-state index in [-0.39, 0.29) is 11.4 Å². The van der Waals surface area contributed by atoms with Crippen molar-refractivity contribution in [3.05, 3.63) is 0 Å². The van der Waals surface area contributed by atoms with E-state index in [2.05, 4.69) is 5.43 Å². The summed E-state index contributed by atoms with van der Waals surface area (Å²) in [5.41, 5.74) is 7.76. The van der Waals surface area contributed by atoms with Crippen molar-refractivity contribution in [3.8, 4) is 0 Å². The van der Waals surface area contributed by atoms with Gasteiger partial charge in [-0.2, -0.15) is 11.8 Å². The summed E-state index contributed by atoms with van der Waals surface area (Å²) in [6.45, 7) is 3.99. The lowest BCUT2D eigenvalue weighted by atomic mass is 10.1. The van der Waals surface area contributed by atoms with E-state index in [0.717, 1.165) is 17.9 Å². The van der Waals surface area contributed by atoms with Gasteiger partial charge in [0.15, 0.2) is 0 Å². The van der Waals surface area contributed by atoms with Gasteiger partial charge in [-0.15, -0.1) is 0 Å². The van der Waals surface area contributed by atoms with Crippen molar-refractivity contribution in [2.75, 3.05) is 11.5 Å². The normalized spacial score (nSPS) is 11.4. The van der Waals surface area contributed by atoms with Gasteiger partial charge in [-0.05, 0) is 26.0 Å². The molecule has 0 atom stereocenters. The van der Waals surface area contributed by atoms with Crippen LogP contribution in [0.25, 0.3) is 0 Å². The Labute approximate surface area is 83.8 Å². The van der Waals surface area contributed by atoms with Crippen LogP contribution in [-0.2, 0) is 4.79 Å². The van der Waals surface area contributed by atoms with Gasteiger partial charge in [0.1, 0.15) is 0 Å². The number of hydrazine groups is 1. The number of thioether (sulfide) groups is 1. The first-order valence-electron chi connectivity index (χ1n) is 4.32. The topological polar surface area (TPSA) is 81.1 Å². The van der Waals surface area contributed by atoms with Gasteiger partial charge in [0, 0.05) is 17.7 Å². The SMILES string of the molecule is CC(C)(N)CSCCCC(=O)NN. The zero-order valence-corrected chi connectivity index (χ0v) is 9.12. The van der Waals surface area contributed by atoms with E-state index in [1.54, 1.807) is 11.8 Å². The number of nitrogens with two attached hydrogens (primary N) is 2. The Balaban J connectivity index is 3.22. The van der Waals surface area contributed by atoms with Crippen molar-refractivity contribution < 1.29 is 4.79 Å². The molecular formula is C8H19N3OS. The average Bonchev–Trinajstić information content (AvgIpc) is 2.01. The second-order valence-corrected chi connectivity index (χ2v) is 4.82. The van der Waals surface area contributed by atoms with E-state index < -0.39 is 0 Å². The fraction of sp³-hybridized carbons (Fsp3) is 0.875. The molecule has 0 rings (SSSR count). The van der Waals surface area contributed by atoms with Crippen LogP contribution in [0.5, 0.6) is 0 Å². The maximum Gasteiger partial charge on any atom is 0.233 e. The fourth-order valence-electron chi connectivity index (χ4n) is 0.742. The first-order chi connectivity index (χ1) is 5.95. The zero-order chi connectivity index (χ0) is 10.3. The number of nitrogens with one attached hydrogen (secondary N) is 1. The number of rotatable bonds is 6. The molecule has 0 bridgehead atoms. The molecule has 0 aromatic carbocycles. The van der Waals surface area contributed by atoms with Crippen LogP contribution in [0.2, 0.25) is 0 Å². The maximum absolute atomic E-state index is 10.7. The van der Waals surface area contributed by atoms with Gasteiger partial charge in [0.05, 0.1) is 0 Å². The van der Waals surface area contributed by atoms with Crippen molar-refractivity contribution in [2.45, 2.75) is 32.2 Å². The van der Waals surface area contributed by atoms with Crippen LogP contribution in [-0.4, -0.2) is 23.0 Å². The first-order valence-corrected chi connectivity index (χ1v) is 5.47. The molecule has 1 amide bonds. The third-order valence-corrected chi connectivity index (χ3v) is 2.85. The molecule has 0 spiro atoms. The number of carbonyl (C=O) groups excluding carboxylic acids is 1.